The zero-order chi connectivity index (χ0) is 19.5. The number of allylic oxidation sites excluding steroid dienone is 1. The normalized spacial score (nSPS) is 11.5. The first-order valence-electron chi connectivity index (χ1n) is 8.13. The third-order valence-corrected chi connectivity index (χ3v) is 5.87. The summed E-state index contributed by atoms with van der Waals surface area (Å²) in [5, 5.41) is 20.7. The third kappa shape index (κ3) is 3.67. The summed E-state index contributed by atoms with van der Waals surface area (Å²) >= 11 is 2.77. The van der Waals surface area contributed by atoms with Crippen LogP contribution in [-0.2, 0) is 0 Å². The lowest BCUT2D eigenvalue weighted by molar-refractivity contribution is -0.384. The van der Waals surface area contributed by atoms with Gasteiger partial charge in [-0.2, -0.15) is 5.26 Å². The molecule has 28 heavy (non-hydrogen) atoms. The van der Waals surface area contributed by atoms with E-state index in [1.165, 1.54) is 29.2 Å². The second-order valence-corrected chi connectivity index (χ2v) is 7.97. The zero-order valence-electron chi connectivity index (χ0n) is 14.2. The Morgan fingerprint density at radius 1 is 1.18 bits per heavy atom. The number of nitro groups is 1. The number of furan rings is 1. The van der Waals surface area contributed by atoms with E-state index in [2.05, 4.69) is 11.1 Å². The highest BCUT2D eigenvalue weighted by Crippen LogP contribution is 2.35. The Morgan fingerprint density at radius 3 is 2.75 bits per heavy atom. The quantitative estimate of drug-likeness (QED) is 0.172. The van der Waals surface area contributed by atoms with Gasteiger partial charge in [-0.25, -0.2) is 4.98 Å². The van der Waals surface area contributed by atoms with Crippen LogP contribution in [-0.4, -0.2) is 9.91 Å². The van der Waals surface area contributed by atoms with Crippen molar-refractivity contribution in [2.75, 3.05) is 0 Å². The minimum Gasteiger partial charge on any atom is -0.456 e. The molecular weight excluding hydrogens is 394 g/mol. The van der Waals surface area contributed by atoms with Gasteiger partial charge in [-0.15, -0.1) is 11.3 Å². The van der Waals surface area contributed by atoms with E-state index in [9.17, 15) is 15.4 Å². The number of nitriles is 1. The van der Waals surface area contributed by atoms with Crippen LogP contribution in [0.15, 0.2) is 74.3 Å². The molecule has 0 unspecified atom stereocenters. The first-order valence-corrected chi connectivity index (χ1v) is 9.76. The Labute approximate surface area is 167 Å². The number of nitrogens with zero attached hydrogens (tertiary/aromatic N) is 3. The van der Waals surface area contributed by atoms with Crippen molar-refractivity contribution in [2.45, 2.75) is 4.34 Å². The molecule has 0 spiro atoms. The molecule has 0 aliphatic rings. The van der Waals surface area contributed by atoms with Gasteiger partial charge in [0, 0.05) is 12.1 Å². The average molecular weight is 405 g/mol. The van der Waals surface area contributed by atoms with Crippen LogP contribution >= 0.6 is 23.1 Å². The zero-order valence-corrected chi connectivity index (χ0v) is 15.9. The lowest BCUT2D eigenvalue weighted by Gasteiger charge is -1.98. The SMILES string of the molecule is N#CC(=Cc1ccc(-c2ccccc2[N+](=O)[O-])o1)Sc1nc2ccccc2s1. The molecule has 0 N–H and O–H groups in total. The molecule has 0 bridgehead atoms. The fourth-order valence-corrected chi connectivity index (χ4v) is 4.57. The van der Waals surface area contributed by atoms with Crippen LogP contribution < -0.4 is 0 Å². The van der Waals surface area contributed by atoms with Crippen LogP contribution in [0, 0.1) is 21.4 Å². The minimum absolute atomic E-state index is 0.0308. The Hall–Kier alpha value is -3.41. The van der Waals surface area contributed by atoms with Gasteiger partial charge in [0.15, 0.2) is 4.34 Å². The van der Waals surface area contributed by atoms with Gasteiger partial charge in [-0.05, 0) is 42.1 Å². The van der Waals surface area contributed by atoms with Gasteiger partial charge in [0.1, 0.15) is 17.6 Å². The molecule has 2 aromatic carbocycles. The van der Waals surface area contributed by atoms with Crippen LogP contribution in [0.4, 0.5) is 5.69 Å². The summed E-state index contributed by atoms with van der Waals surface area (Å²) in [5.41, 5.74) is 1.25. The Morgan fingerprint density at radius 2 is 1.96 bits per heavy atom. The van der Waals surface area contributed by atoms with Crippen molar-refractivity contribution in [3.8, 4) is 17.4 Å². The van der Waals surface area contributed by atoms with Gasteiger partial charge in [-0.3, -0.25) is 10.1 Å². The fourth-order valence-electron chi connectivity index (χ4n) is 2.62. The minimum atomic E-state index is -0.447. The number of nitro benzene ring substituents is 1. The Balaban J connectivity index is 1.61. The maximum atomic E-state index is 11.2. The van der Waals surface area contributed by atoms with Gasteiger partial charge in [0.05, 0.1) is 25.6 Å². The van der Waals surface area contributed by atoms with Crippen molar-refractivity contribution in [1.82, 2.24) is 4.98 Å². The smallest absolute Gasteiger partial charge is 0.280 e. The summed E-state index contributed by atoms with van der Waals surface area (Å²) in [7, 11) is 0. The number of para-hydroxylation sites is 2. The molecule has 0 radical (unpaired) electrons. The molecule has 8 heteroatoms. The van der Waals surface area contributed by atoms with E-state index in [4.69, 9.17) is 4.42 Å². The molecule has 4 aromatic rings. The average Bonchev–Trinajstić information content (AvgIpc) is 3.33. The summed E-state index contributed by atoms with van der Waals surface area (Å²) < 4.78 is 7.55. The summed E-state index contributed by atoms with van der Waals surface area (Å²) in [5.74, 6) is 0.819. The number of fused-ring (bicyclic) bond motifs is 1. The van der Waals surface area contributed by atoms with E-state index in [1.54, 1.807) is 36.4 Å². The van der Waals surface area contributed by atoms with Gasteiger partial charge in [0.25, 0.3) is 5.69 Å². The van der Waals surface area contributed by atoms with E-state index < -0.39 is 4.92 Å². The number of aromatic nitrogens is 1. The third-order valence-electron chi connectivity index (χ3n) is 3.85. The predicted molar refractivity (Wildman–Crippen MR) is 110 cm³/mol. The molecule has 0 saturated heterocycles. The van der Waals surface area contributed by atoms with Gasteiger partial charge in [-0.1, -0.05) is 24.3 Å². The molecule has 0 aliphatic heterocycles. The van der Waals surface area contributed by atoms with Gasteiger partial charge < -0.3 is 4.42 Å². The molecule has 0 saturated carbocycles. The van der Waals surface area contributed by atoms with Crippen molar-refractivity contribution in [3.63, 3.8) is 0 Å². The monoisotopic (exact) mass is 405 g/mol. The number of rotatable bonds is 5. The van der Waals surface area contributed by atoms with Crippen molar-refractivity contribution < 1.29 is 9.34 Å². The van der Waals surface area contributed by atoms with E-state index >= 15 is 0 Å². The van der Waals surface area contributed by atoms with Crippen LogP contribution in [0.25, 0.3) is 27.6 Å². The molecule has 0 fully saturated rings. The molecule has 0 aliphatic carbocycles. The summed E-state index contributed by atoms with van der Waals surface area (Å²) in [6.45, 7) is 0. The first kappa shape index (κ1) is 18.0. The van der Waals surface area contributed by atoms with E-state index in [-0.39, 0.29) is 5.69 Å². The summed E-state index contributed by atoms with van der Waals surface area (Å²) in [6, 6.07) is 19.6. The van der Waals surface area contributed by atoms with Crippen molar-refractivity contribution >= 4 is 45.1 Å². The molecule has 6 nitrogen and oxygen atoms in total. The first-order chi connectivity index (χ1) is 13.6. The highest BCUT2D eigenvalue weighted by atomic mass is 32.2. The number of thioether (sulfide) groups is 1. The fraction of sp³-hybridized carbons (Fsp3) is 0. The highest BCUT2D eigenvalue weighted by molar-refractivity contribution is 8.05. The Kier molecular flexibility index (Phi) is 4.93. The Bertz CT molecular complexity index is 1220. The number of benzene rings is 2. The van der Waals surface area contributed by atoms with Gasteiger partial charge in [0.2, 0.25) is 0 Å². The molecule has 0 atom stereocenters. The van der Waals surface area contributed by atoms with Crippen LogP contribution in [0.1, 0.15) is 5.76 Å². The molecule has 2 aromatic heterocycles. The van der Waals surface area contributed by atoms with Crippen LogP contribution in [0.3, 0.4) is 0 Å². The second kappa shape index (κ2) is 7.68. The largest absolute Gasteiger partial charge is 0.456 e. The molecule has 0 amide bonds. The van der Waals surface area contributed by atoms with Crippen molar-refractivity contribution in [2.24, 2.45) is 0 Å². The molecule has 2 heterocycles. The topological polar surface area (TPSA) is 93.0 Å². The maximum absolute atomic E-state index is 11.2. The maximum Gasteiger partial charge on any atom is 0.280 e. The number of hydrogen-bond donors (Lipinski definition) is 0. The number of thiazole rings is 1. The van der Waals surface area contributed by atoms with E-state index in [0.717, 1.165) is 14.6 Å². The van der Waals surface area contributed by atoms with Crippen molar-refractivity contribution in [3.05, 3.63) is 81.4 Å². The lowest BCUT2D eigenvalue weighted by atomic mass is 10.1. The van der Waals surface area contributed by atoms with Crippen LogP contribution in [0.2, 0.25) is 0 Å². The predicted octanol–water partition coefficient (Wildman–Crippen LogP) is 6.12. The van der Waals surface area contributed by atoms with E-state index in [1.807, 2.05) is 24.3 Å². The molecule has 136 valence electrons. The molecular formula is C20H11N3O3S2. The van der Waals surface area contributed by atoms with E-state index in [0.29, 0.717) is 22.0 Å². The van der Waals surface area contributed by atoms with Crippen molar-refractivity contribution in [1.29, 1.82) is 5.26 Å². The summed E-state index contributed by atoms with van der Waals surface area (Å²) in [6.07, 6.45) is 1.61. The molecule has 4 rings (SSSR count). The standard InChI is InChI=1S/C20H11N3O3S2/c21-12-14(27-20-22-16-6-2-4-8-19(16)28-20)11-13-9-10-18(26-13)15-5-1-3-7-17(15)23(24)25/h1-11H. The second-order valence-electron chi connectivity index (χ2n) is 5.65. The van der Waals surface area contributed by atoms with Gasteiger partial charge >= 0.3 is 0 Å². The van der Waals surface area contributed by atoms with Crippen LogP contribution in [0.5, 0.6) is 0 Å². The lowest BCUT2D eigenvalue weighted by Crippen LogP contribution is -1.90. The number of hydrogen-bond acceptors (Lipinski definition) is 7. The highest BCUT2D eigenvalue weighted by Gasteiger charge is 2.17. The summed E-state index contributed by atoms with van der Waals surface area (Å²) in [4.78, 5) is 15.7.